The average Bonchev–Trinajstić information content (AvgIpc) is 2.66. The molecule has 18 heavy (non-hydrogen) atoms. The van der Waals surface area contributed by atoms with E-state index >= 15 is 0 Å². The molecule has 0 unspecified atom stereocenters. The first-order chi connectivity index (χ1) is 8.29. The summed E-state index contributed by atoms with van der Waals surface area (Å²) in [7, 11) is 0. The second-order valence-corrected chi connectivity index (χ2v) is 5.42. The summed E-state index contributed by atoms with van der Waals surface area (Å²) in [6.07, 6.45) is 2.82. The number of rotatable bonds is 0. The molecule has 0 aliphatic rings. The molecule has 0 saturated carbocycles. The molecule has 2 heterocycles. The van der Waals surface area contributed by atoms with Crippen LogP contribution in [0.25, 0.3) is 10.9 Å². The predicted octanol–water partition coefficient (Wildman–Crippen LogP) is 2.75. The number of hydrogen-bond acceptors (Lipinski definition) is 3. The Morgan fingerprint density at radius 1 is 1.50 bits per heavy atom. The Bertz CT molecular complexity index is 614. The summed E-state index contributed by atoms with van der Waals surface area (Å²) in [5, 5.41) is 13.2. The highest BCUT2D eigenvalue weighted by Crippen LogP contribution is 2.29. The Hall–Kier alpha value is -1.75. The van der Waals surface area contributed by atoms with E-state index in [9.17, 15) is 9.90 Å². The van der Waals surface area contributed by atoms with E-state index in [1.165, 1.54) is 10.8 Å². The first kappa shape index (κ1) is 12.7. The maximum absolute atomic E-state index is 12.1. The average molecular weight is 268 g/mol. The van der Waals surface area contributed by atoms with E-state index in [4.69, 9.17) is 11.6 Å². The van der Waals surface area contributed by atoms with Crippen LogP contribution < -0.4 is 5.32 Å². The van der Waals surface area contributed by atoms with Crippen LogP contribution in [0.2, 0.25) is 5.15 Å². The second kappa shape index (κ2) is 4.17. The molecule has 1 amide bonds. The number of pyridine rings is 1. The van der Waals surface area contributed by atoms with Gasteiger partial charge < -0.3 is 10.4 Å². The van der Waals surface area contributed by atoms with Gasteiger partial charge in [0.25, 0.3) is 0 Å². The van der Waals surface area contributed by atoms with Gasteiger partial charge in [-0.3, -0.25) is 4.57 Å². The summed E-state index contributed by atoms with van der Waals surface area (Å²) >= 11 is 5.97. The zero-order valence-corrected chi connectivity index (χ0v) is 11.1. The zero-order valence-electron chi connectivity index (χ0n) is 10.4. The maximum Gasteiger partial charge on any atom is 0.326 e. The van der Waals surface area contributed by atoms with E-state index in [-0.39, 0.29) is 22.5 Å². The van der Waals surface area contributed by atoms with Crippen LogP contribution in [0.4, 0.5) is 4.79 Å². The topological polar surface area (TPSA) is 67.2 Å². The van der Waals surface area contributed by atoms with Crippen molar-refractivity contribution >= 4 is 28.5 Å². The lowest BCUT2D eigenvalue weighted by Gasteiger charge is -2.20. The third-order valence-corrected chi connectivity index (χ3v) is 2.64. The lowest BCUT2D eigenvalue weighted by Crippen LogP contribution is -2.42. The molecule has 0 fully saturated rings. The van der Waals surface area contributed by atoms with E-state index in [1.807, 2.05) is 20.8 Å². The first-order valence-electron chi connectivity index (χ1n) is 5.46. The molecule has 6 heteroatoms. The number of aromatic nitrogens is 2. The van der Waals surface area contributed by atoms with Gasteiger partial charge in [0.1, 0.15) is 5.75 Å². The molecule has 0 saturated heterocycles. The van der Waals surface area contributed by atoms with Crippen molar-refractivity contribution in [3.8, 4) is 5.75 Å². The summed E-state index contributed by atoms with van der Waals surface area (Å²) in [5.41, 5.74) is 0.0446. The quantitative estimate of drug-likeness (QED) is 0.721. The summed E-state index contributed by atoms with van der Waals surface area (Å²) in [4.78, 5) is 15.9. The number of carbonyl (C=O) groups is 1. The van der Waals surface area contributed by atoms with Crippen LogP contribution in [0.5, 0.6) is 5.75 Å². The highest BCUT2D eigenvalue weighted by molar-refractivity contribution is 6.34. The van der Waals surface area contributed by atoms with Crippen LogP contribution in [-0.2, 0) is 0 Å². The Balaban J connectivity index is 2.53. The summed E-state index contributed by atoms with van der Waals surface area (Å²) in [5.74, 6) is -0.00305. The van der Waals surface area contributed by atoms with Crippen LogP contribution in [0.1, 0.15) is 20.8 Å². The normalized spacial score (nSPS) is 11.8. The van der Waals surface area contributed by atoms with E-state index in [2.05, 4.69) is 10.3 Å². The molecule has 0 aliphatic carbocycles. The molecular formula is C12H14ClN3O2. The van der Waals surface area contributed by atoms with Gasteiger partial charge in [-0.1, -0.05) is 11.6 Å². The highest BCUT2D eigenvalue weighted by atomic mass is 35.5. The smallest absolute Gasteiger partial charge is 0.326 e. The minimum atomic E-state index is -0.357. The fourth-order valence-corrected chi connectivity index (χ4v) is 1.89. The SMILES string of the molecule is CC(C)(C)NC(=O)n1ccc2c(O)cnc(Cl)c21. The summed E-state index contributed by atoms with van der Waals surface area (Å²) in [6, 6.07) is 1.31. The molecule has 2 aromatic heterocycles. The number of carbonyl (C=O) groups excluding carboxylic acids is 1. The van der Waals surface area contributed by atoms with Crippen molar-refractivity contribution in [3.05, 3.63) is 23.6 Å². The fraction of sp³-hybridized carbons (Fsp3) is 0.333. The number of fused-ring (bicyclic) bond motifs is 1. The molecule has 0 aromatic carbocycles. The van der Waals surface area contributed by atoms with Crippen molar-refractivity contribution in [3.63, 3.8) is 0 Å². The van der Waals surface area contributed by atoms with E-state index < -0.39 is 0 Å². The molecule has 96 valence electrons. The molecule has 0 radical (unpaired) electrons. The number of halogens is 1. The van der Waals surface area contributed by atoms with Crippen LogP contribution in [-0.4, -0.2) is 26.2 Å². The van der Waals surface area contributed by atoms with E-state index in [1.54, 1.807) is 12.3 Å². The van der Waals surface area contributed by atoms with E-state index in [0.29, 0.717) is 10.9 Å². The number of amides is 1. The lowest BCUT2D eigenvalue weighted by atomic mass is 10.1. The molecule has 0 aliphatic heterocycles. The molecule has 5 nitrogen and oxygen atoms in total. The number of nitrogens with one attached hydrogen (secondary N) is 1. The zero-order chi connectivity index (χ0) is 13.5. The monoisotopic (exact) mass is 267 g/mol. The molecule has 0 spiro atoms. The first-order valence-corrected chi connectivity index (χ1v) is 5.84. The van der Waals surface area contributed by atoms with Crippen LogP contribution in [0.15, 0.2) is 18.5 Å². The van der Waals surface area contributed by atoms with Gasteiger partial charge in [-0.2, -0.15) is 0 Å². The van der Waals surface area contributed by atoms with Gasteiger partial charge in [0.2, 0.25) is 0 Å². The number of aromatic hydroxyl groups is 1. The largest absolute Gasteiger partial charge is 0.506 e. The fourth-order valence-electron chi connectivity index (χ4n) is 1.65. The van der Waals surface area contributed by atoms with Crippen LogP contribution in [0, 0.1) is 0 Å². The van der Waals surface area contributed by atoms with Crippen molar-refractivity contribution in [1.29, 1.82) is 0 Å². The van der Waals surface area contributed by atoms with Crippen molar-refractivity contribution in [2.75, 3.05) is 0 Å². The Kier molecular flexibility index (Phi) is 2.94. The Labute approximate surface area is 109 Å². The van der Waals surface area contributed by atoms with Gasteiger partial charge >= 0.3 is 6.03 Å². The second-order valence-electron chi connectivity index (χ2n) is 5.06. The van der Waals surface area contributed by atoms with Crippen molar-refractivity contribution in [2.45, 2.75) is 26.3 Å². The molecule has 2 aromatic rings. The van der Waals surface area contributed by atoms with Crippen LogP contribution >= 0.6 is 11.6 Å². The third-order valence-electron chi connectivity index (χ3n) is 2.36. The van der Waals surface area contributed by atoms with Gasteiger partial charge in [-0.25, -0.2) is 9.78 Å². The summed E-state index contributed by atoms with van der Waals surface area (Å²) in [6.45, 7) is 5.65. The maximum atomic E-state index is 12.1. The minimum Gasteiger partial charge on any atom is -0.506 e. The Morgan fingerprint density at radius 2 is 2.17 bits per heavy atom. The van der Waals surface area contributed by atoms with Gasteiger partial charge in [0.15, 0.2) is 5.15 Å². The van der Waals surface area contributed by atoms with Gasteiger partial charge in [0, 0.05) is 17.1 Å². The van der Waals surface area contributed by atoms with E-state index in [0.717, 1.165) is 0 Å². The third kappa shape index (κ3) is 2.26. The molecular weight excluding hydrogens is 254 g/mol. The molecule has 0 bridgehead atoms. The highest BCUT2D eigenvalue weighted by Gasteiger charge is 2.19. The Morgan fingerprint density at radius 3 is 2.78 bits per heavy atom. The molecule has 2 rings (SSSR count). The van der Waals surface area contributed by atoms with Gasteiger partial charge in [0.05, 0.1) is 11.7 Å². The van der Waals surface area contributed by atoms with Crippen LogP contribution in [0.3, 0.4) is 0 Å². The minimum absolute atomic E-state index is 0.00305. The number of hydrogen-bond donors (Lipinski definition) is 2. The summed E-state index contributed by atoms with van der Waals surface area (Å²) < 4.78 is 1.34. The lowest BCUT2D eigenvalue weighted by molar-refractivity contribution is 0.234. The molecule has 0 atom stereocenters. The van der Waals surface area contributed by atoms with Gasteiger partial charge in [-0.15, -0.1) is 0 Å². The van der Waals surface area contributed by atoms with Gasteiger partial charge in [-0.05, 0) is 26.8 Å². The van der Waals surface area contributed by atoms with Crippen molar-refractivity contribution in [1.82, 2.24) is 14.9 Å². The van der Waals surface area contributed by atoms with Crippen molar-refractivity contribution in [2.24, 2.45) is 0 Å². The predicted molar refractivity (Wildman–Crippen MR) is 70.1 cm³/mol. The van der Waals surface area contributed by atoms with Crippen molar-refractivity contribution < 1.29 is 9.90 Å². The molecule has 2 N–H and O–H groups in total. The standard InChI is InChI=1S/C12H14ClN3O2/c1-12(2,3)15-11(18)16-5-4-7-8(17)6-14-10(13)9(7)16/h4-6,17H,1-3H3,(H,15,18). The number of nitrogens with zero attached hydrogens (tertiary/aromatic N) is 2.